The number of anilines is 1. The molecule has 0 N–H and O–H groups in total. The van der Waals surface area contributed by atoms with E-state index in [0.29, 0.717) is 12.2 Å². The summed E-state index contributed by atoms with van der Waals surface area (Å²) in [6, 6.07) is 16.2. The third-order valence-electron chi connectivity index (χ3n) is 6.32. The zero-order valence-corrected chi connectivity index (χ0v) is 14.9. The van der Waals surface area contributed by atoms with E-state index in [1.165, 1.54) is 0 Å². The van der Waals surface area contributed by atoms with Crippen molar-refractivity contribution in [2.75, 3.05) is 11.9 Å². The largest absolute Gasteiger partial charge is 0.311 e. The second kappa shape index (κ2) is 5.41. The summed E-state index contributed by atoms with van der Waals surface area (Å²) in [7, 11) is 1.83. The van der Waals surface area contributed by atoms with E-state index >= 15 is 0 Å². The van der Waals surface area contributed by atoms with Crippen molar-refractivity contribution in [2.24, 2.45) is 5.41 Å². The molecule has 3 aliphatic rings. The molecular weight excluding hydrogens is 322 g/mol. The minimum Gasteiger partial charge on any atom is -0.311 e. The zero-order chi connectivity index (χ0) is 17.9. The first-order valence-corrected chi connectivity index (χ1v) is 9.33. The summed E-state index contributed by atoms with van der Waals surface area (Å²) >= 11 is 0. The Labute approximate surface area is 153 Å². The number of ketones is 1. The molecule has 5 rings (SSSR count). The van der Waals surface area contributed by atoms with Gasteiger partial charge >= 0.3 is 0 Å². The normalized spacial score (nSPS) is 26.4. The number of hydrogen-bond donors (Lipinski definition) is 0. The first-order valence-electron chi connectivity index (χ1n) is 9.33. The summed E-state index contributed by atoms with van der Waals surface area (Å²) in [5.74, 6) is 0.203. The smallest absolute Gasteiger partial charge is 0.258 e. The number of fused-ring (bicyclic) bond motifs is 3. The predicted molar refractivity (Wildman–Crippen MR) is 102 cm³/mol. The van der Waals surface area contributed by atoms with Crippen LogP contribution < -0.4 is 4.90 Å². The van der Waals surface area contributed by atoms with Crippen LogP contribution in [-0.2, 0) is 16.0 Å². The third-order valence-corrected chi connectivity index (χ3v) is 6.32. The van der Waals surface area contributed by atoms with Crippen molar-refractivity contribution in [3.05, 3.63) is 71.3 Å². The van der Waals surface area contributed by atoms with Gasteiger partial charge in [-0.3, -0.25) is 9.59 Å². The molecule has 2 aliphatic carbocycles. The van der Waals surface area contributed by atoms with Crippen LogP contribution in [0.3, 0.4) is 0 Å². The molecule has 2 aromatic rings. The molecule has 2 aromatic carbocycles. The monoisotopic (exact) mass is 343 g/mol. The van der Waals surface area contributed by atoms with Crippen LogP contribution in [0, 0.1) is 5.41 Å². The highest BCUT2D eigenvalue weighted by molar-refractivity contribution is 6.34. The van der Waals surface area contributed by atoms with E-state index in [0.717, 1.165) is 47.2 Å². The minimum absolute atomic E-state index is 0.0141. The van der Waals surface area contributed by atoms with Crippen molar-refractivity contribution in [2.45, 2.75) is 31.6 Å². The summed E-state index contributed by atoms with van der Waals surface area (Å²) in [5.41, 5.74) is 4.29. The molecule has 0 aromatic heterocycles. The molecule has 2 bridgehead atoms. The van der Waals surface area contributed by atoms with E-state index in [-0.39, 0.29) is 11.8 Å². The Balaban J connectivity index is 1.74. The molecule has 130 valence electrons. The first kappa shape index (κ1) is 15.6. The summed E-state index contributed by atoms with van der Waals surface area (Å²) in [5, 5.41) is 0. The lowest BCUT2D eigenvalue weighted by atomic mass is 9.65. The standard InChI is InChI=1S/C23H21NO2/c1-24-19-11-5-9-16-17-10-6-12-23(21(17)25,13-15-7-3-2-4-8-15)14-18(20(16)19)22(24)26/h2-5,7-9,11,14,17H,6,10,12-13H2,1H3/t17-,23-/m0/s1. The Kier molecular flexibility index (Phi) is 3.24. The molecule has 0 unspecified atom stereocenters. The van der Waals surface area contributed by atoms with Gasteiger partial charge in [0.1, 0.15) is 0 Å². The average molecular weight is 343 g/mol. The van der Waals surface area contributed by atoms with Crippen LogP contribution in [-0.4, -0.2) is 18.7 Å². The lowest BCUT2D eigenvalue weighted by molar-refractivity contribution is -0.130. The van der Waals surface area contributed by atoms with Gasteiger partial charge < -0.3 is 4.90 Å². The zero-order valence-electron chi connectivity index (χ0n) is 14.9. The number of nitrogens with zero attached hydrogens (tertiary/aromatic N) is 1. The fourth-order valence-electron chi connectivity index (χ4n) is 5.08. The molecule has 3 heteroatoms. The number of likely N-dealkylation sites (N-methyl/N-ethyl adjacent to an activating group) is 1. The fourth-order valence-corrected chi connectivity index (χ4v) is 5.08. The van der Waals surface area contributed by atoms with Crippen LogP contribution in [0.5, 0.6) is 0 Å². The molecule has 0 spiro atoms. The van der Waals surface area contributed by atoms with Gasteiger partial charge in [-0.05, 0) is 36.5 Å². The molecule has 1 heterocycles. The highest BCUT2D eigenvalue weighted by Gasteiger charge is 2.49. The van der Waals surface area contributed by atoms with Gasteiger partial charge in [-0.25, -0.2) is 0 Å². The number of amides is 1. The number of carbonyl (C=O) groups excluding carboxylic acids is 2. The van der Waals surface area contributed by atoms with Crippen LogP contribution in [0.4, 0.5) is 5.69 Å². The van der Waals surface area contributed by atoms with E-state index < -0.39 is 5.41 Å². The van der Waals surface area contributed by atoms with Gasteiger partial charge in [-0.1, -0.05) is 55.0 Å². The minimum atomic E-state index is -0.573. The molecule has 26 heavy (non-hydrogen) atoms. The summed E-state index contributed by atoms with van der Waals surface area (Å²) in [6.07, 6.45) is 5.41. The Morgan fingerprint density at radius 3 is 2.69 bits per heavy atom. The second-order valence-corrected chi connectivity index (χ2v) is 7.79. The van der Waals surface area contributed by atoms with Crippen LogP contribution in [0.25, 0.3) is 5.57 Å². The average Bonchev–Trinajstić information content (AvgIpc) is 2.88. The molecular formula is C23H21NO2. The van der Waals surface area contributed by atoms with Crippen molar-refractivity contribution in [1.29, 1.82) is 0 Å². The van der Waals surface area contributed by atoms with Crippen molar-refractivity contribution >= 4 is 23.0 Å². The van der Waals surface area contributed by atoms with Gasteiger partial charge in [0.15, 0.2) is 5.78 Å². The molecule has 0 saturated heterocycles. The molecule has 1 saturated carbocycles. The van der Waals surface area contributed by atoms with Crippen molar-refractivity contribution < 1.29 is 9.59 Å². The van der Waals surface area contributed by atoms with Gasteiger partial charge in [0.25, 0.3) is 5.91 Å². The molecule has 1 fully saturated rings. The second-order valence-electron chi connectivity index (χ2n) is 7.79. The van der Waals surface area contributed by atoms with E-state index in [2.05, 4.69) is 12.1 Å². The molecule has 1 aliphatic heterocycles. The first-order chi connectivity index (χ1) is 12.6. The maximum atomic E-state index is 13.6. The Bertz CT molecular complexity index is 959. The number of Topliss-reactive ketones (excluding diaryl/α,β-unsaturated/α-hetero) is 1. The predicted octanol–water partition coefficient (Wildman–Crippen LogP) is 4.13. The Morgan fingerprint density at radius 2 is 1.88 bits per heavy atom. The highest BCUT2D eigenvalue weighted by Crippen LogP contribution is 2.53. The summed E-state index contributed by atoms with van der Waals surface area (Å²) in [4.78, 5) is 28.3. The lowest BCUT2D eigenvalue weighted by Crippen LogP contribution is -2.39. The Hall–Kier alpha value is -2.68. The number of benzene rings is 2. The molecule has 3 nitrogen and oxygen atoms in total. The summed E-state index contributed by atoms with van der Waals surface area (Å²) in [6.45, 7) is 0. The maximum absolute atomic E-state index is 13.6. The fraction of sp³-hybridized carbons (Fsp3) is 0.304. The maximum Gasteiger partial charge on any atom is 0.258 e. The Morgan fingerprint density at radius 1 is 1.08 bits per heavy atom. The van der Waals surface area contributed by atoms with E-state index in [1.807, 2.05) is 49.5 Å². The molecule has 1 amide bonds. The van der Waals surface area contributed by atoms with E-state index in [9.17, 15) is 9.59 Å². The molecule has 2 atom stereocenters. The number of allylic oxidation sites excluding steroid dienone is 1. The number of rotatable bonds is 2. The van der Waals surface area contributed by atoms with Crippen molar-refractivity contribution in [1.82, 2.24) is 0 Å². The lowest BCUT2D eigenvalue weighted by Gasteiger charge is -2.37. The van der Waals surface area contributed by atoms with Crippen LogP contribution >= 0.6 is 0 Å². The van der Waals surface area contributed by atoms with Crippen molar-refractivity contribution in [3.63, 3.8) is 0 Å². The SMILES string of the molecule is CN1C(=O)C2=C[C@@]3(Cc4ccccc4)CCC[C@H](C3=O)c3cccc1c32. The molecule has 0 radical (unpaired) electrons. The quantitative estimate of drug-likeness (QED) is 0.822. The van der Waals surface area contributed by atoms with E-state index in [4.69, 9.17) is 0 Å². The highest BCUT2D eigenvalue weighted by atomic mass is 16.2. The van der Waals surface area contributed by atoms with Gasteiger partial charge in [-0.2, -0.15) is 0 Å². The summed E-state index contributed by atoms with van der Waals surface area (Å²) < 4.78 is 0. The van der Waals surface area contributed by atoms with Gasteiger partial charge in [-0.15, -0.1) is 0 Å². The number of hydrogen-bond acceptors (Lipinski definition) is 2. The van der Waals surface area contributed by atoms with Crippen LogP contribution in [0.1, 0.15) is 41.9 Å². The third kappa shape index (κ3) is 2.00. The topological polar surface area (TPSA) is 37.4 Å². The van der Waals surface area contributed by atoms with Gasteiger partial charge in [0.2, 0.25) is 0 Å². The number of carbonyl (C=O) groups is 2. The van der Waals surface area contributed by atoms with Crippen molar-refractivity contribution in [3.8, 4) is 0 Å². The van der Waals surface area contributed by atoms with Crippen LogP contribution in [0.2, 0.25) is 0 Å². The van der Waals surface area contributed by atoms with Crippen LogP contribution in [0.15, 0.2) is 54.6 Å². The van der Waals surface area contributed by atoms with Gasteiger partial charge in [0.05, 0.1) is 11.1 Å². The van der Waals surface area contributed by atoms with Gasteiger partial charge in [0, 0.05) is 24.1 Å². The van der Waals surface area contributed by atoms with E-state index in [1.54, 1.807) is 4.90 Å².